The van der Waals surface area contributed by atoms with Crippen molar-refractivity contribution < 1.29 is 0 Å². The molecule has 0 amide bonds. The highest BCUT2D eigenvalue weighted by Crippen LogP contribution is 1.94. The molecule has 0 aliphatic heterocycles. The number of rotatable bonds is 2. The van der Waals surface area contributed by atoms with Gasteiger partial charge in [0, 0.05) is 6.54 Å². The molecular formula is C10H18N2. The molecule has 0 saturated carbocycles. The third kappa shape index (κ3) is 5.89. The number of hydrogen-bond donors (Lipinski definition) is 2. The van der Waals surface area contributed by atoms with E-state index in [1.165, 1.54) is 5.56 Å². The molecule has 12 heavy (non-hydrogen) atoms. The number of nitrogens with one attached hydrogen (secondary N) is 1. The van der Waals surface area contributed by atoms with Crippen LogP contribution in [0.15, 0.2) is 30.3 Å². The van der Waals surface area contributed by atoms with E-state index in [1.807, 2.05) is 37.4 Å². The first-order valence-corrected chi connectivity index (χ1v) is 4.23. The maximum Gasteiger partial charge on any atom is 0.0178 e. The van der Waals surface area contributed by atoms with Gasteiger partial charge >= 0.3 is 0 Å². The minimum absolute atomic E-state index is 0.640. The topological polar surface area (TPSA) is 38.0 Å². The van der Waals surface area contributed by atoms with Crippen LogP contribution in [0.5, 0.6) is 0 Å². The van der Waals surface area contributed by atoms with Crippen LogP contribution in [0.2, 0.25) is 0 Å². The highest BCUT2D eigenvalue weighted by molar-refractivity contribution is 5.13. The Kier molecular flexibility index (Phi) is 7.65. The van der Waals surface area contributed by atoms with E-state index in [4.69, 9.17) is 5.73 Å². The van der Waals surface area contributed by atoms with Gasteiger partial charge in [-0.2, -0.15) is 0 Å². The molecule has 2 heteroatoms. The molecule has 2 nitrogen and oxygen atoms in total. The highest BCUT2D eigenvalue weighted by Gasteiger charge is 1.80. The van der Waals surface area contributed by atoms with Crippen molar-refractivity contribution in [3.63, 3.8) is 0 Å². The van der Waals surface area contributed by atoms with Crippen molar-refractivity contribution in [1.29, 1.82) is 0 Å². The van der Waals surface area contributed by atoms with Crippen molar-refractivity contribution >= 4 is 0 Å². The highest BCUT2D eigenvalue weighted by atomic mass is 14.8. The van der Waals surface area contributed by atoms with Gasteiger partial charge in [-0.15, -0.1) is 0 Å². The molecule has 1 aromatic rings. The average Bonchev–Trinajstić information content (AvgIpc) is 2.19. The summed E-state index contributed by atoms with van der Waals surface area (Å²) in [6, 6.07) is 9.99. The lowest BCUT2D eigenvalue weighted by molar-refractivity contribution is 0.864. The van der Waals surface area contributed by atoms with Crippen LogP contribution < -0.4 is 11.1 Å². The number of nitrogens with two attached hydrogens (primary N) is 1. The molecule has 0 aliphatic rings. The van der Waals surface area contributed by atoms with Crippen molar-refractivity contribution in [3.8, 4) is 0 Å². The van der Waals surface area contributed by atoms with Crippen LogP contribution in [0.25, 0.3) is 0 Å². The van der Waals surface area contributed by atoms with E-state index in [-0.39, 0.29) is 0 Å². The lowest BCUT2D eigenvalue weighted by Gasteiger charge is -1.90. The zero-order valence-corrected chi connectivity index (χ0v) is 7.88. The van der Waals surface area contributed by atoms with Gasteiger partial charge in [0.2, 0.25) is 0 Å². The van der Waals surface area contributed by atoms with Gasteiger partial charge in [-0.1, -0.05) is 37.3 Å². The summed E-state index contributed by atoms with van der Waals surface area (Å²) in [5, 5.41) is 2.93. The largest absolute Gasteiger partial charge is 0.326 e. The fourth-order valence-electron chi connectivity index (χ4n) is 0.614. The smallest absolute Gasteiger partial charge is 0.0178 e. The van der Waals surface area contributed by atoms with Gasteiger partial charge in [0.1, 0.15) is 0 Å². The molecular weight excluding hydrogens is 148 g/mol. The zero-order chi connectivity index (χ0) is 9.23. The predicted molar refractivity (Wildman–Crippen MR) is 53.9 cm³/mol. The second-order valence-electron chi connectivity index (χ2n) is 2.40. The molecule has 68 valence electrons. The molecule has 0 atom stereocenters. The van der Waals surface area contributed by atoms with E-state index in [1.54, 1.807) is 0 Å². The Hall–Kier alpha value is -0.860. The Morgan fingerprint density at radius 1 is 1.25 bits per heavy atom. The maximum atomic E-state index is 5.35. The maximum absolute atomic E-state index is 5.35. The first-order valence-electron chi connectivity index (χ1n) is 4.23. The van der Waals surface area contributed by atoms with Gasteiger partial charge in [0.15, 0.2) is 0 Å². The Bertz CT molecular complexity index is 170. The standard InChI is InChI=1S/C7H9N.C3H9N/c8-6-7-4-2-1-3-5-7;1-3-4-2/h1-5H,6,8H2;4H,3H2,1-2H3. The van der Waals surface area contributed by atoms with Gasteiger partial charge in [0.05, 0.1) is 0 Å². The fraction of sp³-hybridized carbons (Fsp3) is 0.400. The van der Waals surface area contributed by atoms with E-state index in [0.717, 1.165) is 6.54 Å². The number of hydrogen-bond acceptors (Lipinski definition) is 2. The molecule has 3 N–H and O–H groups in total. The Labute approximate surface area is 74.8 Å². The van der Waals surface area contributed by atoms with E-state index < -0.39 is 0 Å². The van der Waals surface area contributed by atoms with Crippen LogP contribution in [-0.4, -0.2) is 13.6 Å². The molecule has 1 rings (SSSR count). The lowest BCUT2D eigenvalue weighted by atomic mass is 10.2. The molecule has 0 aliphatic carbocycles. The summed E-state index contributed by atoms with van der Waals surface area (Å²) in [4.78, 5) is 0. The summed E-state index contributed by atoms with van der Waals surface area (Å²) in [6.07, 6.45) is 0. The lowest BCUT2D eigenvalue weighted by Crippen LogP contribution is -2.01. The van der Waals surface area contributed by atoms with Crippen molar-refractivity contribution in [2.45, 2.75) is 13.5 Å². The Morgan fingerprint density at radius 3 is 2.00 bits per heavy atom. The van der Waals surface area contributed by atoms with Crippen LogP contribution >= 0.6 is 0 Å². The Morgan fingerprint density at radius 2 is 1.75 bits per heavy atom. The van der Waals surface area contributed by atoms with Crippen molar-refractivity contribution in [2.75, 3.05) is 13.6 Å². The average molecular weight is 166 g/mol. The quantitative estimate of drug-likeness (QED) is 0.696. The van der Waals surface area contributed by atoms with Gasteiger partial charge in [-0.25, -0.2) is 0 Å². The van der Waals surface area contributed by atoms with Crippen molar-refractivity contribution in [1.82, 2.24) is 5.32 Å². The van der Waals surface area contributed by atoms with Crippen LogP contribution in [0.3, 0.4) is 0 Å². The van der Waals surface area contributed by atoms with E-state index >= 15 is 0 Å². The molecule has 0 heterocycles. The first kappa shape index (κ1) is 11.1. The predicted octanol–water partition coefficient (Wildman–Crippen LogP) is 1.37. The zero-order valence-electron chi connectivity index (χ0n) is 7.88. The molecule has 0 aromatic heterocycles. The summed E-state index contributed by atoms with van der Waals surface area (Å²) < 4.78 is 0. The summed E-state index contributed by atoms with van der Waals surface area (Å²) in [6.45, 7) is 3.78. The molecule has 0 bridgehead atoms. The van der Waals surface area contributed by atoms with Crippen LogP contribution in [-0.2, 0) is 6.54 Å². The number of benzene rings is 1. The van der Waals surface area contributed by atoms with E-state index in [9.17, 15) is 0 Å². The Balaban J connectivity index is 0.000000261. The fourth-order valence-corrected chi connectivity index (χ4v) is 0.614. The molecule has 0 radical (unpaired) electrons. The monoisotopic (exact) mass is 166 g/mol. The third-order valence-corrected chi connectivity index (χ3v) is 1.43. The van der Waals surface area contributed by atoms with Crippen LogP contribution in [0.4, 0.5) is 0 Å². The van der Waals surface area contributed by atoms with Crippen LogP contribution in [0, 0.1) is 0 Å². The summed E-state index contributed by atoms with van der Waals surface area (Å²) in [5.74, 6) is 0. The van der Waals surface area contributed by atoms with Gasteiger partial charge < -0.3 is 11.1 Å². The van der Waals surface area contributed by atoms with Gasteiger partial charge in [0.25, 0.3) is 0 Å². The van der Waals surface area contributed by atoms with Crippen molar-refractivity contribution in [3.05, 3.63) is 35.9 Å². The van der Waals surface area contributed by atoms with E-state index in [2.05, 4.69) is 12.2 Å². The van der Waals surface area contributed by atoms with Gasteiger partial charge in [-0.3, -0.25) is 0 Å². The normalized spacial score (nSPS) is 8.58. The van der Waals surface area contributed by atoms with Gasteiger partial charge in [-0.05, 0) is 19.2 Å². The molecule has 0 saturated heterocycles. The second-order valence-corrected chi connectivity index (χ2v) is 2.40. The third-order valence-electron chi connectivity index (χ3n) is 1.43. The minimum atomic E-state index is 0.640. The van der Waals surface area contributed by atoms with Crippen LogP contribution in [0.1, 0.15) is 12.5 Å². The summed E-state index contributed by atoms with van der Waals surface area (Å²) >= 11 is 0. The molecule has 0 spiro atoms. The summed E-state index contributed by atoms with van der Waals surface area (Å²) in [7, 11) is 1.93. The van der Waals surface area contributed by atoms with E-state index in [0.29, 0.717) is 6.54 Å². The molecule has 1 aromatic carbocycles. The SMILES string of the molecule is CCNC.NCc1ccccc1. The van der Waals surface area contributed by atoms with Crippen molar-refractivity contribution in [2.24, 2.45) is 5.73 Å². The molecule has 0 fully saturated rings. The first-order chi connectivity index (χ1) is 5.85. The second kappa shape index (κ2) is 8.24. The molecule has 0 unspecified atom stereocenters. The summed E-state index contributed by atoms with van der Waals surface area (Å²) in [5.41, 5.74) is 6.54. The minimum Gasteiger partial charge on any atom is -0.326 e.